The van der Waals surface area contributed by atoms with Gasteiger partial charge in [0.15, 0.2) is 5.82 Å². The molecule has 29 heavy (non-hydrogen) atoms. The number of hydrogen-bond acceptors (Lipinski definition) is 5. The van der Waals surface area contributed by atoms with Crippen molar-refractivity contribution in [2.45, 2.75) is 51.9 Å². The maximum absolute atomic E-state index is 12.9. The molecular weight excluding hydrogens is 370 g/mol. The Morgan fingerprint density at radius 2 is 1.76 bits per heavy atom. The molecule has 2 heterocycles. The average Bonchev–Trinajstić information content (AvgIpc) is 3.20. The molecule has 0 bridgehead atoms. The summed E-state index contributed by atoms with van der Waals surface area (Å²) in [6, 6.07) is 7.12. The van der Waals surface area contributed by atoms with Gasteiger partial charge in [-0.15, -0.1) is 0 Å². The maximum Gasteiger partial charge on any atom is 0.310 e. The number of carbonyl (C=O) groups is 2. The first-order valence-electron chi connectivity index (χ1n) is 10.4. The molecule has 4 rings (SSSR count). The molecule has 1 aromatic heterocycles. The number of rotatable bonds is 4. The third-order valence-corrected chi connectivity index (χ3v) is 6.66. The van der Waals surface area contributed by atoms with Crippen LogP contribution in [0.25, 0.3) is 11.5 Å². The van der Waals surface area contributed by atoms with Gasteiger partial charge in [-0.25, -0.2) is 0 Å². The summed E-state index contributed by atoms with van der Waals surface area (Å²) in [7, 11) is 0. The monoisotopic (exact) mass is 397 g/mol. The number of aliphatic carboxylic acids is 1. The molecule has 1 amide bonds. The Labute approximate surface area is 170 Å². The van der Waals surface area contributed by atoms with E-state index in [-0.39, 0.29) is 11.8 Å². The fraction of sp³-hybridized carbons (Fsp3) is 0.545. The normalized spacial score (nSPS) is 19.8. The van der Waals surface area contributed by atoms with E-state index in [9.17, 15) is 14.7 Å². The summed E-state index contributed by atoms with van der Waals surface area (Å²) in [4.78, 5) is 31.1. The van der Waals surface area contributed by atoms with Gasteiger partial charge in [0, 0.05) is 24.2 Å². The largest absolute Gasteiger partial charge is 0.481 e. The van der Waals surface area contributed by atoms with Gasteiger partial charge in [-0.1, -0.05) is 24.4 Å². The van der Waals surface area contributed by atoms with Crippen molar-refractivity contribution in [3.8, 4) is 11.5 Å². The van der Waals surface area contributed by atoms with Crippen molar-refractivity contribution in [1.82, 2.24) is 15.0 Å². The fourth-order valence-corrected chi connectivity index (χ4v) is 4.91. The Balaban J connectivity index is 1.43. The Kier molecular flexibility index (Phi) is 5.39. The summed E-state index contributed by atoms with van der Waals surface area (Å²) >= 11 is 0. The molecule has 7 nitrogen and oxygen atoms in total. The number of benzene rings is 1. The summed E-state index contributed by atoms with van der Waals surface area (Å²) in [6.45, 7) is 2.74. The van der Waals surface area contributed by atoms with E-state index in [0.717, 1.165) is 31.2 Å². The van der Waals surface area contributed by atoms with Gasteiger partial charge in [0.1, 0.15) is 0 Å². The molecule has 0 unspecified atom stereocenters. The van der Waals surface area contributed by atoms with Crippen molar-refractivity contribution in [2.75, 3.05) is 13.1 Å². The summed E-state index contributed by atoms with van der Waals surface area (Å²) < 4.78 is 5.16. The van der Waals surface area contributed by atoms with E-state index >= 15 is 0 Å². The van der Waals surface area contributed by atoms with Crippen molar-refractivity contribution in [1.29, 1.82) is 0 Å². The van der Waals surface area contributed by atoms with Crippen LogP contribution >= 0.6 is 0 Å². The number of hydrogen-bond donors (Lipinski definition) is 1. The molecular formula is C22H27N3O4. The van der Waals surface area contributed by atoms with E-state index < -0.39 is 11.4 Å². The third-order valence-electron chi connectivity index (χ3n) is 6.66. The van der Waals surface area contributed by atoms with E-state index in [2.05, 4.69) is 10.1 Å². The first-order chi connectivity index (χ1) is 14.0. The second-order valence-corrected chi connectivity index (χ2v) is 8.31. The van der Waals surface area contributed by atoms with Crippen LogP contribution in [0.15, 0.2) is 28.8 Å². The van der Waals surface area contributed by atoms with Gasteiger partial charge >= 0.3 is 5.97 Å². The average molecular weight is 397 g/mol. The minimum Gasteiger partial charge on any atom is -0.481 e. The second kappa shape index (κ2) is 7.97. The van der Waals surface area contributed by atoms with E-state index in [1.54, 1.807) is 36.1 Å². The first kappa shape index (κ1) is 19.6. The summed E-state index contributed by atoms with van der Waals surface area (Å²) in [5.41, 5.74) is 0.685. The van der Waals surface area contributed by atoms with Gasteiger partial charge in [0.05, 0.1) is 5.41 Å². The molecule has 7 heteroatoms. The molecule has 1 aliphatic heterocycles. The summed E-state index contributed by atoms with van der Waals surface area (Å²) in [5.74, 6) is 0.492. The number of aromatic nitrogens is 2. The summed E-state index contributed by atoms with van der Waals surface area (Å²) in [5, 5.41) is 13.8. The zero-order chi connectivity index (χ0) is 20.4. The van der Waals surface area contributed by atoms with Crippen LogP contribution in [0.4, 0.5) is 0 Å². The van der Waals surface area contributed by atoms with E-state index in [1.807, 2.05) is 0 Å². The predicted molar refractivity (Wildman–Crippen MR) is 106 cm³/mol. The SMILES string of the molecule is Cc1noc(-c2ccc(C(=O)N3CCC(C(=O)O)(C4CCCCC4)CC3)cc2)n1. The molecule has 2 aliphatic rings. The first-order valence-corrected chi connectivity index (χ1v) is 10.4. The van der Waals surface area contributed by atoms with Gasteiger partial charge in [0.2, 0.25) is 0 Å². The van der Waals surface area contributed by atoms with Crippen LogP contribution in [0.5, 0.6) is 0 Å². The summed E-state index contributed by atoms with van der Waals surface area (Å²) in [6.07, 6.45) is 6.52. The number of piperidine rings is 1. The number of carbonyl (C=O) groups excluding carboxylic acids is 1. The number of aryl methyl sites for hydroxylation is 1. The van der Waals surface area contributed by atoms with Crippen LogP contribution in [-0.4, -0.2) is 45.1 Å². The maximum atomic E-state index is 12.9. The molecule has 0 atom stereocenters. The highest BCUT2D eigenvalue weighted by molar-refractivity contribution is 5.94. The number of likely N-dealkylation sites (tertiary alicyclic amines) is 1. The van der Waals surface area contributed by atoms with E-state index in [1.165, 1.54) is 6.42 Å². The number of carboxylic acid groups (broad SMARTS) is 1. The van der Waals surface area contributed by atoms with Gasteiger partial charge in [-0.05, 0) is 62.8 Å². The predicted octanol–water partition coefficient (Wildman–Crippen LogP) is 3.93. The number of amides is 1. The van der Waals surface area contributed by atoms with Crippen LogP contribution < -0.4 is 0 Å². The number of nitrogens with zero attached hydrogens (tertiary/aromatic N) is 3. The zero-order valence-corrected chi connectivity index (χ0v) is 16.8. The highest BCUT2D eigenvalue weighted by Gasteiger charge is 2.48. The molecule has 1 aromatic carbocycles. The quantitative estimate of drug-likeness (QED) is 0.840. The minimum absolute atomic E-state index is 0.0547. The molecule has 0 radical (unpaired) electrons. The van der Waals surface area contributed by atoms with Crippen LogP contribution in [0.1, 0.15) is 61.1 Å². The highest BCUT2D eigenvalue weighted by Crippen LogP contribution is 2.46. The van der Waals surface area contributed by atoms with Crippen molar-refractivity contribution < 1.29 is 19.2 Å². The topological polar surface area (TPSA) is 96.5 Å². The van der Waals surface area contributed by atoms with E-state index in [4.69, 9.17) is 4.52 Å². The Bertz CT molecular complexity index is 876. The van der Waals surface area contributed by atoms with Crippen LogP contribution in [0.2, 0.25) is 0 Å². The van der Waals surface area contributed by atoms with Gasteiger partial charge in [-0.2, -0.15) is 4.98 Å². The van der Waals surface area contributed by atoms with Crippen LogP contribution in [0, 0.1) is 18.3 Å². The lowest BCUT2D eigenvalue weighted by Gasteiger charge is -2.45. The minimum atomic E-state index is -0.685. The highest BCUT2D eigenvalue weighted by atomic mass is 16.5. The second-order valence-electron chi connectivity index (χ2n) is 8.31. The molecule has 0 spiro atoms. The third kappa shape index (κ3) is 3.78. The van der Waals surface area contributed by atoms with Gasteiger partial charge in [-0.3, -0.25) is 9.59 Å². The standard InChI is InChI=1S/C22H27N3O4/c1-15-23-19(29-24-15)16-7-9-17(10-8-16)20(26)25-13-11-22(12-14-25,21(27)28)18-5-3-2-4-6-18/h7-10,18H,2-6,11-14H2,1H3,(H,27,28). The molecule has 2 fully saturated rings. The Hall–Kier alpha value is -2.70. The van der Waals surface area contributed by atoms with Crippen molar-refractivity contribution >= 4 is 11.9 Å². The smallest absolute Gasteiger partial charge is 0.310 e. The molecule has 1 saturated carbocycles. The molecule has 1 N–H and O–H groups in total. The Morgan fingerprint density at radius 1 is 1.10 bits per heavy atom. The molecule has 2 aromatic rings. The van der Waals surface area contributed by atoms with E-state index in [0.29, 0.717) is 43.2 Å². The number of carboxylic acids is 1. The fourth-order valence-electron chi connectivity index (χ4n) is 4.91. The Morgan fingerprint density at radius 3 is 2.31 bits per heavy atom. The van der Waals surface area contributed by atoms with Crippen LogP contribution in [-0.2, 0) is 4.79 Å². The van der Waals surface area contributed by atoms with Gasteiger partial charge < -0.3 is 14.5 Å². The lowest BCUT2D eigenvalue weighted by atomic mass is 9.64. The van der Waals surface area contributed by atoms with Crippen molar-refractivity contribution in [3.05, 3.63) is 35.7 Å². The lowest BCUT2D eigenvalue weighted by Crippen LogP contribution is -2.50. The van der Waals surface area contributed by atoms with Gasteiger partial charge in [0.25, 0.3) is 11.8 Å². The molecule has 1 saturated heterocycles. The lowest BCUT2D eigenvalue weighted by molar-refractivity contribution is -0.157. The van der Waals surface area contributed by atoms with Crippen molar-refractivity contribution in [3.63, 3.8) is 0 Å². The van der Waals surface area contributed by atoms with Crippen molar-refractivity contribution in [2.24, 2.45) is 11.3 Å². The molecule has 154 valence electrons. The zero-order valence-electron chi connectivity index (χ0n) is 16.8. The molecule has 1 aliphatic carbocycles. The van der Waals surface area contributed by atoms with Crippen LogP contribution in [0.3, 0.4) is 0 Å².